The van der Waals surface area contributed by atoms with Crippen molar-refractivity contribution in [3.63, 3.8) is 0 Å². The zero-order valence-electron chi connectivity index (χ0n) is 9.17. The number of alkyl halides is 4. The molecule has 0 atom stereocenters. The highest BCUT2D eigenvalue weighted by molar-refractivity contribution is 9.10. The van der Waals surface area contributed by atoms with Crippen LogP contribution in [0, 0.1) is 0 Å². The third kappa shape index (κ3) is 7.68. The quantitative estimate of drug-likeness (QED) is 0.794. The van der Waals surface area contributed by atoms with Crippen LogP contribution in [0.1, 0.15) is 0 Å². The predicted octanol–water partition coefficient (Wildman–Crippen LogP) is 3.26. The Hall–Kier alpha value is -1.28. The van der Waals surface area contributed by atoms with Crippen molar-refractivity contribution in [3.8, 4) is 0 Å². The summed E-state index contributed by atoms with van der Waals surface area (Å²) in [6.07, 6.45) is -5.08. The molecule has 0 saturated carbocycles. The first-order chi connectivity index (χ1) is 8.68. The van der Waals surface area contributed by atoms with Gasteiger partial charge in [-0.2, -0.15) is 13.2 Å². The first kappa shape index (κ1) is 17.7. The van der Waals surface area contributed by atoms with Crippen molar-refractivity contribution in [2.24, 2.45) is 0 Å². The van der Waals surface area contributed by atoms with Gasteiger partial charge in [0.25, 0.3) is 0 Å². The van der Waals surface area contributed by atoms with E-state index in [0.29, 0.717) is 0 Å². The number of amides is 1. The van der Waals surface area contributed by atoms with Crippen molar-refractivity contribution in [2.75, 3.05) is 11.2 Å². The number of hydrogen-bond acceptors (Lipinski definition) is 2. The summed E-state index contributed by atoms with van der Waals surface area (Å²) in [5, 5.41) is 9.77. The highest BCUT2D eigenvalue weighted by atomic mass is 79.9. The van der Waals surface area contributed by atoms with E-state index in [-0.39, 0.29) is 11.8 Å². The molecule has 0 aliphatic carbocycles. The van der Waals surface area contributed by atoms with Crippen molar-refractivity contribution in [2.45, 2.75) is 6.18 Å². The molecule has 0 radical (unpaired) electrons. The molecule has 9 heteroatoms. The maximum atomic E-state index is 10.9. The lowest BCUT2D eigenvalue weighted by molar-refractivity contribution is -0.192. The molecular formula is C10H8BrClF3NO3. The van der Waals surface area contributed by atoms with E-state index in [1.54, 1.807) is 6.07 Å². The molecule has 0 aliphatic heterocycles. The van der Waals surface area contributed by atoms with Crippen molar-refractivity contribution in [1.82, 2.24) is 0 Å². The monoisotopic (exact) mass is 361 g/mol. The summed E-state index contributed by atoms with van der Waals surface area (Å²) < 4.78 is 32.6. The van der Waals surface area contributed by atoms with E-state index in [0.717, 1.165) is 10.2 Å². The average molecular weight is 363 g/mol. The van der Waals surface area contributed by atoms with Crippen LogP contribution in [0.2, 0.25) is 0 Å². The number of anilines is 1. The fourth-order valence-corrected chi connectivity index (χ4v) is 1.20. The van der Waals surface area contributed by atoms with Crippen LogP contribution in [0.15, 0.2) is 28.7 Å². The average Bonchev–Trinajstić information content (AvgIpc) is 2.31. The second kappa shape index (κ2) is 8.00. The Labute approximate surface area is 119 Å². The van der Waals surface area contributed by atoms with Gasteiger partial charge in [0.2, 0.25) is 5.91 Å². The molecule has 0 fully saturated rings. The van der Waals surface area contributed by atoms with Crippen LogP contribution in [0.4, 0.5) is 18.9 Å². The Morgan fingerprint density at radius 1 is 1.32 bits per heavy atom. The Morgan fingerprint density at radius 3 is 2.16 bits per heavy atom. The Kier molecular flexibility index (Phi) is 7.47. The van der Waals surface area contributed by atoms with E-state index in [4.69, 9.17) is 21.5 Å². The summed E-state index contributed by atoms with van der Waals surface area (Å²) in [5.74, 6) is -2.99. The lowest BCUT2D eigenvalue weighted by Gasteiger charge is -2.03. The molecule has 0 saturated heterocycles. The third-order valence-corrected chi connectivity index (χ3v) is 2.45. The second-order valence-corrected chi connectivity index (χ2v) is 4.09. The highest BCUT2D eigenvalue weighted by Gasteiger charge is 2.38. The van der Waals surface area contributed by atoms with E-state index in [1.165, 1.54) is 0 Å². The maximum Gasteiger partial charge on any atom is 0.490 e. The summed E-state index contributed by atoms with van der Waals surface area (Å²) in [6, 6.07) is 7.37. The van der Waals surface area contributed by atoms with Crippen LogP contribution in [-0.4, -0.2) is 29.0 Å². The van der Waals surface area contributed by atoms with Crippen molar-refractivity contribution >= 4 is 45.1 Å². The summed E-state index contributed by atoms with van der Waals surface area (Å²) in [4.78, 5) is 19.8. The molecular weight excluding hydrogens is 354 g/mol. The molecule has 106 valence electrons. The van der Waals surface area contributed by atoms with Gasteiger partial charge >= 0.3 is 12.1 Å². The van der Waals surface area contributed by atoms with Crippen LogP contribution < -0.4 is 5.32 Å². The Bertz CT molecular complexity index is 454. The lowest BCUT2D eigenvalue weighted by atomic mass is 10.3. The number of rotatable bonds is 2. The molecule has 0 aliphatic rings. The lowest BCUT2D eigenvalue weighted by Crippen LogP contribution is -2.21. The van der Waals surface area contributed by atoms with Crippen molar-refractivity contribution in [3.05, 3.63) is 28.7 Å². The van der Waals surface area contributed by atoms with Gasteiger partial charge < -0.3 is 10.4 Å². The first-order valence-corrected chi connectivity index (χ1v) is 5.91. The SMILES string of the molecule is O=C(CCl)Nc1ccccc1Br.O=C(O)C(F)(F)F. The van der Waals surface area contributed by atoms with Gasteiger partial charge in [-0.05, 0) is 28.1 Å². The normalized spacial score (nSPS) is 10.2. The molecule has 1 rings (SSSR count). The van der Waals surface area contributed by atoms with E-state index < -0.39 is 12.1 Å². The van der Waals surface area contributed by atoms with Gasteiger partial charge in [0.1, 0.15) is 5.88 Å². The van der Waals surface area contributed by atoms with Gasteiger partial charge in [-0.15, -0.1) is 11.6 Å². The van der Waals surface area contributed by atoms with Gasteiger partial charge in [0.15, 0.2) is 0 Å². The summed E-state index contributed by atoms with van der Waals surface area (Å²) >= 11 is 8.62. The number of carboxylic acids is 1. The molecule has 1 amide bonds. The molecule has 0 bridgehead atoms. The fourth-order valence-electron chi connectivity index (χ4n) is 0.746. The minimum Gasteiger partial charge on any atom is -0.475 e. The molecule has 0 aromatic heterocycles. The molecule has 2 N–H and O–H groups in total. The smallest absolute Gasteiger partial charge is 0.475 e. The van der Waals surface area contributed by atoms with Gasteiger partial charge in [-0.1, -0.05) is 12.1 Å². The number of nitrogens with one attached hydrogen (secondary N) is 1. The number of carbonyl (C=O) groups is 2. The fraction of sp³-hybridized carbons (Fsp3) is 0.200. The van der Waals surface area contributed by atoms with Crippen molar-refractivity contribution in [1.29, 1.82) is 0 Å². The minimum atomic E-state index is -5.08. The first-order valence-electron chi connectivity index (χ1n) is 4.59. The van der Waals surface area contributed by atoms with Crippen LogP contribution in [0.25, 0.3) is 0 Å². The number of halogens is 5. The van der Waals surface area contributed by atoms with Crippen LogP contribution in [-0.2, 0) is 9.59 Å². The molecule has 1 aromatic rings. The highest BCUT2D eigenvalue weighted by Crippen LogP contribution is 2.20. The van der Waals surface area contributed by atoms with E-state index in [9.17, 15) is 18.0 Å². The number of aliphatic carboxylic acids is 1. The molecule has 4 nitrogen and oxygen atoms in total. The van der Waals surface area contributed by atoms with Gasteiger partial charge in [-0.25, -0.2) is 4.79 Å². The van der Waals surface area contributed by atoms with Gasteiger partial charge in [0, 0.05) is 4.47 Å². The maximum absolute atomic E-state index is 10.9. The number of carbonyl (C=O) groups excluding carboxylic acids is 1. The van der Waals surface area contributed by atoms with Gasteiger partial charge in [-0.3, -0.25) is 4.79 Å². The Balaban J connectivity index is 0.000000399. The standard InChI is InChI=1S/C8H7BrClNO.C2HF3O2/c9-6-3-1-2-4-7(6)11-8(12)5-10;3-2(4,5)1(6)7/h1-4H,5H2,(H,11,12);(H,6,7). The molecule has 0 spiro atoms. The molecule has 0 unspecified atom stereocenters. The van der Waals surface area contributed by atoms with E-state index in [1.807, 2.05) is 18.2 Å². The predicted molar refractivity (Wildman–Crippen MR) is 67.2 cm³/mol. The zero-order valence-corrected chi connectivity index (χ0v) is 11.5. The molecule has 1 aromatic carbocycles. The number of carboxylic acid groups (broad SMARTS) is 1. The van der Waals surface area contributed by atoms with Crippen LogP contribution >= 0.6 is 27.5 Å². The van der Waals surface area contributed by atoms with E-state index >= 15 is 0 Å². The topological polar surface area (TPSA) is 66.4 Å². The molecule has 19 heavy (non-hydrogen) atoms. The largest absolute Gasteiger partial charge is 0.490 e. The number of hydrogen-bond donors (Lipinski definition) is 2. The summed E-state index contributed by atoms with van der Waals surface area (Å²) in [6.45, 7) is 0. The van der Waals surface area contributed by atoms with Crippen LogP contribution in [0.5, 0.6) is 0 Å². The van der Waals surface area contributed by atoms with E-state index in [2.05, 4.69) is 21.2 Å². The second-order valence-electron chi connectivity index (χ2n) is 2.96. The molecule has 0 heterocycles. The zero-order chi connectivity index (χ0) is 15.1. The minimum absolute atomic E-state index is 0.0265. The number of benzene rings is 1. The van der Waals surface area contributed by atoms with Gasteiger partial charge in [0.05, 0.1) is 5.69 Å². The van der Waals surface area contributed by atoms with Crippen molar-refractivity contribution < 1.29 is 27.9 Å². The van der Waals surface area contributed by atoms with Crippen LogP contribution in [0.3, 0.4) is 0 Å². The number of para-hydroxylation sites is 1. The third-order valence-electron chi connectivity index (χ3n) is 1.51. The Morgan fingerprint density at radius 2 is 1.79 bits per heavy atom. The summed E-state index contributed by atoms with van der Waals surface area (Å²) in [7, 11) is 0. The summed E-state index contributed by atoms with van der Waals surface area (Å²) in [5.41, 5.74) is 0.739.